The molecule has 2 aromatic carbocycles. The fourth-order valence-electron chi connectivity index (χ4n) is 4.24. The number of H-pyrrole nitrogens is 1. The Bertz CT molecular complexity index is 1200. The van der Waals surface area contributed by atoms with Gasteiger partial charge in [0.15, 0.2) is 0 Å². The van der Waals surface area contributed by atoms with Crippen LogP contribution >= 0.6 is 0 Å². The predicted octanol–water partition coefficient (Wildman–Crippen LogP) is 4.13. The average molecular weight is 406 g/mol. The molecule has 0 bridgehead atoms. The third kappa shape index (κ3) is 3.75. The van der Waals surface area contributed by atoms with Gasteiger partial charge in [0, 0.05) is 11.4 Å². The summed E-state index contributed by atoms with van der Waals surface area (Å²) in [6, 6.07) is 13.7. The van der Waals surface area contributed by atoms with Gasteiger partial charge in [-0.15, -0.1) is 0 Å². The number of hydrogen-bond donors (Lipinski definition) is 3. The minimum absolute atomic E-state index is 0.0513. The first kappa shape index (κ1) is 19.9. The molecular formula is C23H26N4O3. The summed E-state index contributed by atoms with van der Waals surface area (Å²) in [5.41, 5.74) is 3.10. The highest BCUT2D eigenvalue weighted by Gasteiger charge is 2.24. The number of aromatic amines is 1. The lowest BCUT2D eigenvalue weighted by molar-refractivity contribution is 0.298. The molecule has 3 N–H and O–H groups in total. The van der Waals surface area contributed by atoms with Crippen LogP contribution in [0.5, 0.6) is 5.88 Å². The first-order chi connectivity index (χ1) is 14.6. The highest BCUT2D eigenvalue weighted by Crippen LogP contribution is 2.30. The van der Waals surface area contributed by atoms with Crippen molar-refractivity contribution >= 4 is 22.2 Å². The maximum Gasteiger partial charge on any atom is 0.331 e. The van der Waals surface area contributed by atoms with Crippen LogP contribution in [0, 0.1) is 0 Å². The zero-order chi connectivity index (χ0) is 21.1. The topological polar surface area (TPSA) is 99.5 Å². The van der Waals surface area contributed by atoms with Crippen molar-refractivity contribution in [2.24, 2.45) is 5.10 Å². The SMILES string of the molecule is CCC(=NNc1cccc2ccccc12)c1c(O)n(C2CCCCC2)c(=O)[nH]c1=O. The second-order valence-electron chi connectivity index (χ2n) is 7.67. The summed E-state index contributed by atoms with van der Waals surface area (Å²) < 4.78 is 1.33. The van der Waals surface area contributed by atoms with E-state index >= 15 is 0 Å². The summed E-state index contributed by atoms with van der Waals surface area (Å²) >= 11 is 0. The van der Waals surface area contributed by atoms with Crippen molar-refractivity contribution in [3.8, 4) is 5.88 Å². The van der Waals surface area contributed by atoms with E-state index in [1.807, 2.05) is 49.4 Å². The van der Waals surface area contributed by atoms with Gasteiger partial charge in [-0.05, 0) is 30.7 Å². The molecule has 0 unspecified atom stereocenters. The number of nitrogens with zero attached hydrogens (tertiary/aromatic N) is 2. The minimum Gasteiger partial charge on any atom is -0.494 e. The van der Waals surface area contributed by atoms with Crippen LogP contribution in [-0.4, -0.2) is 20.4 Å². The molecule has 0 radical (unpaired) electrons. The second kappa shape index (κ2) is 8.57. The first-order valence-corrected chi connectivity index (χ1v) is 10.5. The quantitative estimate of drug-likeness (QED) is 0.438. The Morgan fingerprint density at radius 1 is 1.13 bits per heavy atom. The Hall–Kier alpha value is -3.35. The van der Waals surface area contributed by atoms with E-state index in [2.05, 4.69) is 15.5 Å². The van der Waals surface area contributed by atoms with E-state index in [4.69, 9.17) is 0 Å². The molecule has 4 rings (SSSR count). The van der Waals surface area contributed by atoms with Crippen molar-refractivity contribution < 1.29 is 5.11 Å². The average Bonchev–Trinajstić information content (AvgIpc) is 2.76. The molecule has 3 aromatic rings. The van der Waals surface area contributed by atoms with Crippen LogP contribution in [0.25, 0.3) is 10.8 Å². The third-order valence-electron chi connectivity index (χ3n) is 5.78. The summed E-state index contributed by atoms with van der Waals surface area (Å²) in [6.07, 6.45) is 5.17. The molecule has 156 valence electrons. The lowest BCUT2D eigenvalue weighted by atomic mass is 9.95. The third-order valence-corrected chi connectivity index (χ3v) is 5.78. The van der Waals surface area contributed by atoms with Crippen LogP contribution in [0.15, 0.2) is 57.2 Å². The zero-order valence-electron chi connectivity index (χ0n) is 17.0. The van der Waals surface area contributed by atoms with E-state index in [1.54, 1.807) is 0 Å². The largest absolute Gasteiger partial charge is 0.494 e. The second-order valence-corrected chi connectivity index (χ2v) is 7.67. The maximum atomic E-state index is 12.6. The summed E-state index contributed by atoms with van der Waals surface area (Å²) in [5.74, 6) is -0.295. The Kier molecular flexibility index (Phi) is 5.70. The van der Waals surface area contributed by atoms with E-state index in [1.165, 1.54) is 4.57 Å². The van der Waals surface area contributed by atoms with E-state index in [0.717, 1.165) is 48.6 Å². The lowest BCUT2D eigenvalue weighted by Gasteiger charge is -2.25. The normalized spacial score (nSPS) is 15.4. The molecule has 1 fully saturated rings. The molecule has 1 heterocycles. The van der Waals surface area contributed by atoms with E-state index in [-0.39, 0.29) is 17.5 Å². The Morgan fingerprint density at radius 2 is 1.87 bits per heavy atom. The van der Waals surface area contributed by atoms with Crippen molar-refractivity contribution in [3.63, 3.8) is 0 Å². The van der Waals surface area contributed by atoms with Crippen molar-refractivity contribution in [3.05, 3.63) is 68.9 Å². The molecule has 0 saturated heterocycles. The van der Waals surface area contributed by atoms with Crippen LogP contribution < -0.4 is 16.7 Å². The number of benzene rings is 2. The van der Waals surface area contributed by atoms with Crippen LogP contribution in [0.3, 0.4) is 0 Å². The van der Waals surface area contributed by atoms with Gasteiger partial charge >= 0.3 is 5.69 Å². The van der Waals surface area contributed by atoms with Gasteiger partial charge in [-0.2, -0.15) is 5.10 Å². The number of hydrogen-bond acceptors (Lipinski definition) is 5. The van der Waals surface area contributed by atoms with Gasteiger partial charge in [-0.25, -0.2) is 4.79 Å². The van der Waals surface area contributed by atoms with E-state index < -0.39 is 11.2 Å². The minimum atomic E-state index is -0.620. The molecule has 1 aromatic heterocycles. The number of rotatable bonds is 5. The number of fused-ring (bicyclic) bond motifs is 1. The number of hydrazone groups is 1. The standard InChI is InChI=1S/C23H26N4O3/c1-2-18(25-26-19-14-8-10-15-9-6-7-13-17(15)19)20-21(28)24-23(30)27(22(20)29)16-11-4-3-5-12-16/h6-10,13-14,16,26,29H,2-5,11-12H2,1H3,(H,24,28,30). The molecular weight excluding hydrogens is 380 g/mol. The molecule has 7 heteroatoms. The highest BCUT2D eigenvalue weighted by molar-refractivity contribution is 6.03. The molecule has 7 nitrogen and oxygen atoms in total. The van der Waals surface area contributed by atoms with Gasteiger partial charge in [-0.1, -0.05) is 62.6 Å². The smallest absolute Gasteiger partial charge is 0.331 e. The molecule has 30 heavy (non-hydrogen) atoms. The van der Waals surface area contributed by atoms with Crippen LogP contribution in [0.2, 0.25) is 0 Å². The van der Waals surface area contributed by atoms with Gasteiger partial charge in [0.2, 0.25) is 5.88 Å². The van der Waals surface area contributed by atoms with Gasteiger partial charge in [-0.3, -0.25) is 19.8 Å². The summed E-state index contributed by atoms with van der Waals surface area (Å²) in [4.78, 5) is 27.4. The molecule has 0 amide bonds. The monoisotopic (exact) mass is 406 g/mol. The molecule has 0 spiro atoms. The number of aromatic hydroxyl groups is 1. The molecule has 0 atom stereocenters. The summed E-state index contributed by atoms with van der Waals surface area (Å²) in [5, 5.41) is 17.4. The first-order valence-electron chi connectivity index (χ1n) is 10.5. The summed E-state index contributed by atoms with van der Waals surface area (Å²) in [7, 11) is 0. The fraction of sp³-hybridized carbons (Fsp3) is 0.348. The van der Waals surface area contributed by atoms with Gasteiger partial charge < -0.3 is 5.11 Å². The van der Waals surface area contributed by atoms with Crippen molar-refractivity contribution in [1.82, 2.24) is 9.55 Å². The van der Waals surface area contributed by atoms with Gasteiger partial charge in [0.05, 0.1) is 11.4 Å². The van der Waals surface area contributed by atoms with Crippen molar-refractivity contribution in [1.29, 1.82) is 0 Å². The predicted molar refractivity (Wildman–Crippen MR) is 120 cm³/mol. The van der Waals surface area contributed by atoms with Crippen LogP contribution in [0.4, 0.5) is 5.69 Å². The number of nitrogens with one attached hydrogen (secondary N) is 2. The van der Waals surface area contributed by atoms with E-state index in [9.17, 15) is 14.7 Å². The van der Waals surface area contributed by atoms with Crippen LogP contribution in [0.1, 0.15) is 57.1 Å². The Labute approximate surface area is 174 Å². The Morgan fingerprint density at radius 3 is 2.63 bits per heavy atom. The van der Waals surface area contributed by atoms with Crippen molar-refractivity contribution in [2.45, 2.75) is 51.5 Å². The number of anilines is 1. The molecule has 1 saturated carbocycles. The zero-order valence-corrected chi connectivity index (χ0v) is 17.0. The highest BCUT2D eigenvalue weighted by atomic mass is 16.3. The number of aromatic nitrogens is 2. The van der Waals surface area contributed by atoms with Crippen molar-refractivity contribution in [2.75, 3.05) is 5.43 Å². The van der Waals surface area contributed by atoms with Crippen LogP contribution in [-0.2, 0) is 0 Å². The van der Waals surface area contributed by atoms with Gasteiger partial charge in [0.25, 0.3) is 5.56 Å². The van der Waals surface area contributed by atoms with E-state index in [0.29, 0.717) is 12.1 Å². The molecule has 1 aliphatic carbocycles. The fourth-order valence-corrected chi connectivity index (χ4v) is 4.24. The molecule has 1 aliphatic rings. The Balaban J connectivity index is 1.75. The molecule has 0 aliphatic heterocycles. The van der Waals surface area contributed by atoms with Gasteiger partial charge in [0.1, 0.15) is 5.56 Å². The summed E-state index contributed by atoms with van der Waals surface area (Å²) in [6.45, 7) is 1.86. The lowest BCUT2D eigenvalue weighted by Crippen LogP contribution is -2.36. The maximum absolute atomic E-state index is 12.6.